The van der Waals surface area contributed by atoms with Crippen LogP contribution in [-0.4, -0.2) is 15.0 Å². The molecule has 4 aromatic heterocycles. The molecule has 4 heteroatoms. The Bertz CT molecular complexity index is 1180. The zero-order chi connectivity index (χ0) is 15.2. The van der Waals surface area contributed by atoms with E-state index >= 15 is 0 Å². The van der Waals surface area contributed by atoms with Gasteiger partial charge in [0.05, 0.1) is 11.1 Å². The Morgan fingerprint density at radius 3 is 2.61 bits per heavy atom. The van der Waals surface area contributed by atoms with Gasteiger partial charge in [0.2, 0.25) is 0 Å². The Hall–Kier alpha value is -3.27. The molecule has 0 bridgehead atoms. The number of rotatable bonds is 1. The summed E-state index contributed by atoms with van der Waals surface area (Å²) in [6, 6.07) is 15.9. The predicted octanol–water partition coefficient (Wildman–Crippen LogP) is 4.59. The fourth-order valence-electron chi connectivity index (χ4n) is 2.94. The summed E-state index contributed by atoms with van der Waals surface area (Å²) in [7, 11) is 0. The zero-order valence-corrected chi connectivity index (χ0v) is 12.1. The maximum Gasteiger partial charge on any atom is 0.153 e. The monoisotopic (exact) mass is 297 g/mol. The van der Waals surface area contributed by atoms with Gasteiger partial charge in [-0.05, 0) is 29.7 Å². The molecule has 0 aliphatic heterocycles. The lowest BCUT2D eigenvalue weighted by atomic mass is 10.1. The highest BCUT2D eigenvalue weighted by atomic mass is 16.3. The first-order chi connectivity index (χ1) is 11.4. The summed E-state index contributed by atoms with van der Waals surface area (Å²) in [5, 5.41) is 3.15. The number of furan rings is 1. The van der Waals surface area contributed by atoms with E-state index in [1.54, 1.807) is 12.4 Å². The molecule has 0 spiro atoms. The average molecular weight is 297 g/mol. The molecule has 0 atom stereocenters. The van der Waals surface area contributed by atoms with E-state index in [-0.39, 0.29) is 0 Å². The van der Waals surface area contributed by atoms with Crippen molar-refractivity contribution < 1.29 is 4.42 Å². The molecule has 4 heterocycles. The number of pyridine rings is 3. The second kappa shape index (κ2) is 4.61. The highest BCUT2D eigenvalue weighted by Crippen LogP contribution is 2.33. The van der Waals surface area contributed by atoms with E-state index in [2.05, 4.69) is 33.2 Å². The molecule has 0 unspecified atom stereocenters. The van der Waals surface area contributed by atoms with Crippen LogP contribution in [0.5, 0.6) is 0 Å². The van der Waals surface area contributed by atoms with Gasteiger partial charge >= 0.3 is 0 Å². The molecule has 23 heavy (non-hydrogen) atoms. The third-order valence-electron chi connectivity index (χ3n) is 4.01. The summed E-state index contributed by atoms with van der Waals surface area (Å²) in [5.74, 6) is 0. The lowest BCUT2D eigenvalue weighted by molar-refractivity contribution is 0.667. The van der Waals surface area contributed by atoms with Crippen molar-refractivity contribution in [3.8, 4) is 11.4 Å². The number of hydrogen-bond acceptors (Lipinski definition) is 4. The Morgan fingerprint density at radius 1 is 0.739 bits per heavy atom. The van der Waals surface area contributed by atoms with Gasteiger partial charge in [-0.15, -0.1) is 0 Å². The van der Waals surface area contributed by atoms with Gasteiger partial charge in [-0.3, -0.25) is 15.0 Å². The van der Waals surface area contributed by atoms with Gasteiger partial charge in [0.15, 0.2) is 5.58 Å². The van der Waals surface area contributed by atoms with Crippen LogP contribution in [-0.2, 0) is 0 Å². The topological polar surface area (TPSA) is 51.8 Å². The molecule has 4 nitrogen and oxygen atoms in total. The van der Waals surface area contributed by atoms with Gasteiger partial charge < -0.3 is 4.42 Å². The first kappa shape index (κ1) is 12.3. The van der Waals surface area contributed by atoms with Gasteiger partial charge in [0, 0.05) is 24.0 Å². The number of aromatic nitrogens is 3. The fraction of sp³-hybridized carbons (Fsp3) is 0. The van der Waals surface area contributed by atoms with Crippen molar-refractivity contribution in [1.29, 1.82) is 0 Å². The largest absolute Gasteiger partial charge is 0.454 e. The van der Waals surface area contributed by atoms with Crippen LogP contribution in [0, 0.1) is 0 Å². The van der Waals surface area contributed by atoms with E-state index in [9.17, 15) is 0 Å². The van der Waals surface area contributed by atoms with Crippen LogP contribution in [0.4, 0.5) is 0 Å². The summed E-state index contributed by atoms with van der Waals surface area (Å²) < 4.78 is 5.87. The second-order valence-electron chi connectivity index (χ2n) is 5.40. The Balaban J connectivity index is 1.87. The molecule has 1 aromatic carbocycles. The first-order valence-electron chi connectivity index (χ1n) is 7.37. The molecule has 0 saturated carbocycles. The fourth-order valence-corrected chi connectivity index (χ4v) is 2.94. The van der Waals surface area contributed by atoms with E-state index in [1.807, 2.05) is 36.5 Å². The quantitative estimate of drug-likeness (QED) is 0.454. The number of benzene rings is 1. The smallest absolute Gasteiger partial charge is 0.153 e. The van der Waals surface area contributed by atoms with E-state index in [0.29, 0.717) is 0 Å². The van der Waals surface area contributed by atoms with E-state index in [4.69, 9.17) is 4.42 Å². The van der Waals surface area contributed by atoms with Crippen LogP contribution in [0.25, 0.3) is 44.2 Å². The molecule has 0 N–H and O–H groups in total. The molecule has 0 radical (unpaired) electrons. The molecule has 0 aliphatic rings. The summed E-state index contributed by atoms with van der Waals surface area (Å²) in [4.78, 5) is 13.6. The van der Waals surface area contributed by atoms with Gasteiger partial charge in [0.25, 0.3) is 0 Å². The van der Waals surface area contributed by atoms with Crippen molar-refractivity contribution in [2.45, 2.75) is 0 Å². The van der Waals surface area contributed by atoms with Crippen LogP contribution in [0.2, 0.25) is 0 Å². The van der Waals surface area contributed by atoms with Crippen LogP contribution >= 0.6 is 0 Å². The number of nitrogens with zero attached hydrogens (tertiary/aromatic N) is 3. The molecule has 5 rings (SSSR count). The normalized spacial score (nSPS) is 11.5. The van der Waals surface area contributed by atoms with Gasteiger partial charge in [-0.1, -0.05) is 24.3 Å². The molecule has 0 amide bonds. The number of fused-ring (bicyclic) bond motifs is 4. The van der Waals surface area contributed by atoms with Crippen LogP contribution < -0.4 is 0 Å². The highest BCUT2D eigenvalue weighted by Gasteiger charge is 2.15. The third-order valence-corrected chi connectivity index (χ3v) is 4.01. The third kappa shape index (κ3) is 1.82. The average Bonchev–Trinajstić information content (AvgIpc) is 3.00. The van der Waals surface area contributed by atoms with E-state index < -0.39 is 0 Å². The molecular formula is C19H11N3O. The van der Waals surface area contributed by atoms with Crippen molar-refractivity contribution in [3.63, 3.8) is 0 Å². The van der Waals surface area contributed by atoms with Crippen molar-refractivity contribution >= 4 is 32.8 Å². The number of hydrogen-bond donors (Lipinski definition) is 0. The summed E-state index contributed by atoms with van der Waals surface area (Å²) in [5.41, 5.74) is 3.98. The minimum Gasteiger partial charge on any atom is -0.454 e. The Morgan fingerprint density at radius 2 is 1.65 bits per heavy atom. The summed E-state index contributed by atoms with van der Waals surface area (Å²) >= 11 is 0. The minimum absolute atomic E-state index is 0.762. The lowest BCUT2D eigenvalue weighted by Crippen LogP contribution is -1.89. The van der Waals surface area contributed by atoms with E-state index in [0.717, 1.165) is 44.2 Å². The molecular weight excluding hydrogens is 286 g/mol. The van der Waals surface area contributed by atoms with Crippen molar-refractivity contribution in [2.24, 2.45) is 0 Å². The van der Waals surface area contributed by atoms with Gasteiger partial charge in [-0.2, -0.15) is 0 Å². The Kier molecular flexibility index (Phi) is 2.46. The molecule has 5 aromatic rings. The lowest BCUT2D eigenvalue weighted by Gasteiger charge is -2.03. The Labute approximate surface area is 131 Å². The zero-order valence-electron chi connectivity index (χ0n) is 12.1. The van der Waals surface area contributed by atoms with Crippen LogP contribution in [0.1, 0.15) is 0 Å². The molecule has 0 aliphatic carbocycles. The van der Waals surface area contributed by atoms with Gasteiger partial charge in [-0.25, -0.2) is 0 Å². The molecule has 0 fully saturated rings. The summed E-state index contributed by atoms with van der Waals surface area (Å²) in [6.45, 7) is 0. The SMILES string of the molecule is c1ccc2cc(-c3nccc4oc5cccnc5c34)ncc2c1. The predicted molar refractivity (Wildman–Crippen MR) is 90.0 cm³/mol. The molecule has 108 valence electrons. The maximum absolute atomic E-state index is 5.87. The highest BCUT2D eigenvalue weighted by molar-refractivity contribution is 6.09. The van der Waals surface area contributed by atoms with Crippen LogP contribution in [0.3, 0.4) is 0 Å². The van der Waals surface area contributed by atoms with Crippen molar-refractivity contribution in [2.75, 3.05) is 0 Å². The van der Waals surface area contributed by atoms with Crippen molar-refractivity contribution in [3.05, 3.63) is 67.1 Å². The summed E-state index contributed by atoms with van der Waals surface area (Å²) in [6.07, 6.45) is 5.39. The standard InChI is InChI=1S/C19H11N3O/c1-2-5-13-11-22-14(10-12(13)4-1)18-17-15(7-9-21-18)23-16-6-3-8-20-19(16)17/h1-11H. The van der Waals surface area contributed by atoms with Gasteiger partial charge in [0.1, 0.15) is 16.8 Å². The van der Waals surface area contributed by atoms with Crippen LogP contribution in [0.15, 0.2) is 71.5 Å². The molecule has 0 saturated heterocycles. The van der Waals surface area contributed by atoms with E-state index in [1.165, 1.54) is 0 Å². The minimum atomic E-state index is 0.762. The second-order valence-corrected chi connectivity index (χ2v) is 5.40. The first-order valence-corrected chi connectivity index (χ1v) is 7.37. The van der Waals surface area contributed by atoms with Crippen molar-refractivity contribution in [1.82, 2.24) is 15.0 Å². The maximum atomic E-state index is 5.87.